The summed E-state index contributed by atoms with van der Waals surface area (Å²) < 4.78 is 0. The van der Waals surface area contributed by atoms with Crippen molar-refractivity contribution >= 4 is 17.7 Å². The van der Waals surface area contributed by atoms with Gasteiger partial charge in [0.05, 0.1) is 11.4 Å². The van der Waals surface area contributed by atoms with Gasteiger partial charge in [0, 0.05) is 24.5 Å². The van der Waals surface area contributed by atoms with Gasteiger partial charge in [0.1, 0.15) is 18.5 Å². The van der Waals surface area contributed by atoms with E-state index in [2.05, 4.69) is 9.98 Å². The number of nitrogens with two attached hydrogens (primary N) is 1. The maximum Gasteiger partial charge on any atom is 0.145 e. The molecule has 2 heterocycles. The Morgan fingerprint density at radius 3 is 2.67 bits per heavy atom. The second-order valence-corrected chi connectivity index (χ2v) is 4.94. The van der Waals surface area contributed by atoms with Crippen molar-refractivity contribution < 1.29 is 4.79 Å². The third-order valence-electron chi connectivity index (χ3n) is 3.66. The largest absolute Gasteiger partial charge is 0.361 e. The molecule has 1 aromatic heterocycles. The maximum atomic E-state index is 11.4. The van der Waals surface area contributed by atoms with Crippen LogP contribution in [-0.2, 0) is 4.79 Å². The number of para-hydroxylation sites is 1. The van der Waals surface area contributed by atoms with Crippen LogP contribution < -0.4 is 10.6 Å². The van der Waals surface area contributed by atoms with Crippen LogP contribution in [0.15, 0.2) is 53.7 Å². The van der Waals surface area contributed by atoms with Gasteiger partial charge >= 0.3 is 0 Å². The zero-order valence-corrected chi connectivity index (χ0v) is 11.7. The third-order valence-corrected chi connectivity index (χ3v) is 3.66. The normalized spacial score (nSPS) is 21.2. The summed E-state index contributed by atoms with van der Waals surface area (Å²) in [6.07, 6.45) is 1.93. The molecule has 0 saturated heterocycles. The van der Waals surface area contributed by atoms with E-state index in [1.165, 1.54) is 0 Å². The van der Waals surface area contributed by atoms with Crippen LogP contribution in [-0.4, -0.2) is 36.2 Å². The summed E-state index contributed by atoms with van der Waals surface area (Å²) in [6, 6.07) is 13.0. The number of benzodiazepines with no additional fused rings is 1. The average molecular weight is 280 g/mol. The predicted octanol–water partition coefficient (Wildman–Crippen LogP) is 1.22. The molecule has 5 nitrogen and oxygen atoms in total. The van der Waals surface area contributed by atoms with Crippen LogP contribution in [0.2, 0.25) is 0 Å². The number of carbonyl (C=O) groups is 1. The van der Waals surface area contributed by atoms with Gasteiger partial charge in [-0.15, -0.1) is 0 Å². The van der Waals surface area contributed by atoms with E-state index in [0.717, 1.165) is 28.9 Å². The number of carbonyl (C=O) groups excluding carboxylic acids is 1. The molecule has 0 amide bonds. The quantitative estimate of drug-likeness (QED) is 0.840. The first-order valence-corrected chi connectivity index (χ1v) is 6.74. The van der Waals surface area contributed by atoms with Crippen LogP contribution in [0.3, 0.4) is 0 Å². The number of anilines is 1. The molecule has 0 saturated carbocycles. The van der Waals surface area contributed by atoms with E-state index < -0.39 is 12.2 Å². The smallest absolute Gasteiger partial charge is 0.145 e. The first kappa shape index (κ1) is 13.5. The standard InChI is InChI=1S/C16H16N4O/c1-20-13-8-3-2-6-11(13)15(12-7-4-5-9-18-12)19-16(17)14(20)10-21/h2-10,14,16H,17H2,1H3. The topological polar surface area (TPSA) is 71.6 Å². The van der Waals surface area contributed by atoms with Crippen LogP contribution in [0.25, 0.3) is 0 Å². The van der Waals surface area contributed by atoms with E-state index >= 15 is 0 Å². The lowest BCUT2D eigenvalue weighted by molar-refractivity contribution is -0.109. The van der Waals surface area contributed by atoms with E-state index in [4.69, 9.17) is 5.73 Å². The number of hydrogen-bond donors (Lipinski definition) is 1. The molecule has 1 aliphatic heterocycles. The van der Waals surface area contributed by atoms with Crippen molar-refractivity contribution in [2.24, 2.45) is 10.7 Å². The fourth-order valence-electron chi connectivity index (χ4n) is 2.54. The molecule has 2 aromatic rings. The minimum Gasteiger partial charge on any atom is -0.361 e. The molecule has 1 aromatic carbocycles. The number of likely N-dealkylation sites (N-methyl/N-ethyl adjacent to an activating group) is 1. The maximum absolute atomic E-state index is 11.4. The zero-order valence-electron chi connectivity index (χ0n) is 11.7. The molecule has 1 aliphatic rings. The summed E-state index contributed by atoms with van der Waals surface area (Å²) >= 11 is 0. The van der Waals surface area contributed by atoms with Crippen LogP contribution in [0.4, 0.5) is 5.69 Å². The summed E-state index contributed by atoms with van der Waals surface area (Å²) in [5.41, 5.74) is 9.42. The Hall–Kier alpha value is -2.53. The van der Waals surface area contributed by atoms with E-state index in [-0.39, 0.29) is 0 Å². The number of hydrogen-bond acceptors (Lipinski definition) is 5. The number of aromatic nitrogens is 1. The highest BCUT2D eigenvalue weighted by atomic mass is 16.1. The number of pyridine rings is 1. The van der Waals surface area contributed by atoms with Gasteiger partial charge in [0.25, 0.3) is 0 Å². The molecule has 0 aliphatic carbocycles. The number of nitrogens with zero attached hydrogens (tertiary/aromatic N) is 3. The van der Waals surface area contributed by atoms with Crippen LogP contribution in [0.5, 0.6) is 0 Å². The molecule has 21 heavy (non-hydrogen) atoms. The molecule has 0 bridgehead atoms. The van der Waals surface area contributed by atoms with Gasteiger partial charge in [-0.1, -0.05) is 24.3 Å². The summed E-state index contributed by atoms with van der Waals surface area (Å²) in [7, 11) is 1.86. The fourth-order valence-corrected chi connectivity index (χ4v) is 2.54. The first-order valence-electron chi connectivity index (χ1n) is 6.74. The second-order valence-electron chi connectivity index (χ2n) is 4.94. The number of rotatable bonds is 2. The highest BCUT2D eigenvalue weighted by Gasteiger charge is 2.29. The van der Waals surface area contributed by atoms with Gasteiger partial charge < -0.3 is 15.4 Å². The molecule has 106 valence electrons. The number of aliphatic imine (C=N–C) groups is 1. The summed E-state index contributed by atoms with van der Waals surface area (Å²) in [6.45, 7) is 0. The number of fused-ring (bicyclic) bond motifs is 1. The zero-order chi connectivity index (χ0) is 14.8. The van der Waals surface area contributed by atoms with Crippen molar-refractivity contribution in [3.05, 3.63) is 59.9 Å². The monoisotopic (exact) mass is 280 g/mol. The Balaban J connectivity index is 2.23. The Bertz CT molecular complexity index is 684. The Kier molecular flexibility index (Phi) is 3.50. The minimum atomic E-state index is -0.628. The van der Waals surface area contributed by atoms with Crippen molar-refractivity contribution in [1.82, 2.24) is 4.98 Å². The predicted molar refractivity (Wildman–Crippen MR) is 82.5 cm³/mol. The van der Waals surface area contributed by atoms with Crippen LogP contribution in [0, 0.1) is 0 Å². The minimum absolute atomic E-state index is 0.493. The lowest BCUT2D eigenvalue weighted by Crippen LogP contribution is -2.45. The van der Waals surface area contributed by atoms with Crippen molar-refractivity contribution in [3.8, 4) is 0 Å². The van der Waals surface area contributed by atoms with Gasteiger partial charge in [0.15, 0.2) is 0 Å². The highest BCUT2D eigenvalue weighted by molar-refractivity contribution is 6.15. The van der Waals surface area contributed by atoms with Crippen molar-refractivity contribution in [1.29, 1.82) is 0 Å². The SMILES string of the molecule is CN1c2ccccc2C(c2ccccn2)=NC(N)C1C=O. The molecule has 5 heteroatoms. The summed E-state index contributed by atoms with van der Waals surface area (Å²) in [5.74, 6) is 0. The van der Waals surface area contributed by atoms with E-state index in [1.54, 1.807) is 6.20 Å². The molecule has 3 rings (SSSR count). The Labute approximate surface area is 123 Å². The molecule has 0 radical (unpaired) electrons. The second kappa shape index (κ2) is 5.46. The average Bonchev–Trinajstić information content (AvgIpc) is 2.64. The number of benzene rings is 1. The van der Waals surface area contributed by atoms with Gasteiger partial charge in [-0.2, -0.15) is 0 Å². The van der Waals surface area contributed by atoms with Crippen molar-refractivity contribution in [3.63, 3.8) is 0 Å². The Morgan fingerprint density at radius 2 is 1.95 bits per heavy atom. The molecule has 2 unspecified atom stereocenters. The first-order chi connectivity index (χ1) is 10.2. The Morgan fingerprint density at radius 1 is 1.19 bits per heavy atom. The molecular weight excluding hydrogens is 264 g/mol. The summed E-state index contributed by atoms with van der Waals surface area (Å²) in [5, 5.41) is 0. The van der Waals surface area contributed by atoms with E-state index in [0.29, 0.717) is 0 Å². The number of aldehydes is 1. The molecule has 0 fully saturated rings. The molecule has 2 N–H and O–H groups in total. The van der Waals surface area contributed by atoms with Crippen molar-refractivity contribution in [2.75, 3.05) is 11.9 Å². The molecular formula is C16H16N4O. The van der Waals surface area contributed by atoms with Crippen LogP contribution >= 0.6 is 0 Å². The van der Waals surface area contributed by atoms with Crippen LogP contribution in [0.1, 0.15) is 11.3 Å². The highest BCUT2D eigenvalue weighted by Crippen LogP contribution is 2.27. The van der Waals surface area contributed by atoms with E-state index in [9.17, 15) is 4.79 Å². The lowest BCUT2D eigenvalue weighted by atomic mass is 10.0. The lowest BCUT2D eigenvalue weighted by Gasteiger charge is -2.27. The molecule has 0 spiro atoms. The van der Waals surface area contributed by atoms with E-state index in [1.807, 2.05) is 54.4 Å². The van der Waals surface area contributed by atoms with Gasteiger partial charge in [-0.25, -0.2) is 0 Å². The van der Waals surface area contributed by atoms with Crippen molar-refractivity contribution in [2.45, 2.75) is 12.2 Å². The fraction of sp³-hybridized carbons (Fsp3) is 0.188. The third kappa shape index (κ3) is 2.32. The van der Waals surface area contributed by atoms with Gasteiger partial charge in [-0.3, -0.25) is 9.98 Å². The molecule has 2 atom stereocenters. The van der Waals surface area contributed by atoms with Gasteiger partial charge in [0.2, 0.25) is 0 Å². The summed E-state index contributed by atoms with van der Waals surface area (Å²) in [4.78, 5) is 22.2. The van der Waals surface area contributed by atoms with Gasteiger partial charge in [-0.05, 0) is 18.2 Å².